The van der Waals surface area contributed by atoms with Crippen molar-refractivity contribution in [2.24, 2.45) is 4.99 Å². The van der Waals surface area contributed by atoms with E-state index in [0.717, 1.165) is 23.8 Å². The number of benzene rings is 1. The van der Waals surface area contributed by atoms with E-state index < -0.39 is 0 Å². The monoisotopic (exact) mass is 357 g/mol. The standard InChI is InChI=1S/C19H23N3O2S/c23-17-13-7-1-2-8-14(13)18(24)22(17)11-5-6-12-25-19-20-15-9-3-4-10-16(15)21-19/h1-2,7-8,15-16H,3-6,9-12H2,(H,20,21). The fourth-order valence-corrected chi connectivity index (χ4v) is 4.83. The van der Waals surface area contributed by atoms with E-state index in [1.165, 1.54) is 30.6 Å². The van der Waals surface area contributed by atoms with Crippen molar-refractivity contribution in [1.82, 2.24) is 10.2 Å². The van der Waals surface area contributed by atoms with E-state index in [9.17, 15) is 9.59 Å². The molecule has 2 heterocycles. The second kappa shape index (κ2) is 7.20. The Balaban J connectivity index is 1.21. The van der Waals surface area contributed by atoms with Crippen LogP contribution in [-0.4, -0.2) is 46.3 Å². The maximum atomic E-state index is 12.3. The molecule has 1 fully saturated rings. The van der Waals surface area contributed by atoms with Crippen LogP contribution in [0, 0.1) is 0 Å². The SMILES string of the molecule is O=C1c2ccccc2C(=O)N1CCCCSC1=NC2CCCCC2N1. The lowest BCUT2D eigenvalue weighted by Crippen LogP contribution is -2.36. The Morgan fingerprint density at radius 2 is 1.80 bits per heavy atom. The number of carbonyl (C=O) groups is 2. The summed E-state index contributed by atoms with van der Waals surface area (Å²) in [6, 6.07) is 8.10. The van der Waals surface area contributed by atoms with Crippen molar-refractivity contribution < 1.29 is 9.59 Å². The molecule has 2 atom stereocenters. The molecule has 132 valence electrons. The Hall–Kier alpha value is -1.82. The summed E-state index contributed by atoms with van der Waals surface area (Å²) in [5, 5.41) is 4.63. The summed E-state index contributed by atoms with van der Waals surface area (Å²) in [6.07, 6.45) is 6.85. The number of amides is 2. The van der Waals surface area contributed by atoms with Crippen LogP contribution in [0.2, 0.25) is 0 Å². The van der Waals surface area contributed by atoms with Crippen molar-refractivity contribution in [3.63, 3.8) is 0 Å². The van der Waals surface area contributed by atoms with Crippen molar-refractivity contribution in [2.75, 3.05) is 12.3 Å². The lowest BCUT2D eigenvalue weighted by molar-refractivity contribution is 0.0652. The number of nitrogens with one attached hydrogen (secondary N) is 1. The smallest absolute Gasteiger partial charge is 0.261 e. The van der Waals surface area contributed by atoms with Gasteiger partial charge in [-0.3, -0.25) is 19.5 Å². The molecule has 5 nitrogen and oxygen atoms in total. The number of fused-ring (bicyclic) bond motifs is 2. The van der Waals surface area contributed by atoms with Crippen LogP contribution >= 0.6 is 11.8 Å². The fourth-order valence-electron chi connectivity index (χ4n) is 3.84. The van der Waals surface area contributed by atoms with Gasteiger partial charge in [0, 0.05) is 12.3 Å². The van der Waals surface area contributed by atoms with E-state index in [-0.39, 0.29) is 11.8 Å². The van der Waals surface area contributed by atoms with Crippen LogP contribution in [0.4, 0.5) is 0 Å². The molecule has 0 saturated heterocycles. The fraction of sp³-hybridized carbons (Fsp3) is 0.526. The Morgan fingerprint density at radius 3 is 2.52 bits per heavy atom. The van der Waals surface area contributed by atoms with Crippen LogP contribution < -0.4 is 5.32 Å². The topological polar surface area (TPSA) is 61.8 Å². The highest BCUT2D eigenvalue weighted by Crippen LogP contribution is 2.27. The van der Waals surface area contributed by atoms with Crippen LogP contribution in [0.5, 0.6) is 0 Å². The molecule has 1 aromatic carbocycles. The van der Waals surface area contributed by atoms with Gasteiger partial charge >= 0.3 is 0 Å². The van der Waals surface area contributed by atoms with Crippen molar-refractivity contribution in [2.45, 2.75) is 50.6 Å². The summed E-state index contributed by atoms with van der Waals surface area (Å²) >= 11 is 1.77. The first-order valence-electron chi connectivity index (χ1n) is 9.16. The highest BCUT2D eigenvalue weighted by Gasteiger charge is 2.34. The minimum absolute atomic E-state index is 0.154. The first-order valence-corrected chi connectivity index (χ1v) is 10.1. The van der Waals surface area contributed by atoms with Crippen LogP contribution in [0.1, 0.15) is 59.2 Å². The lowest BCUT2D eigenvalue weighted by Gasteiger charge is -2.23. The first kappa shape index (κ1) is 16.6. The Labute approximate surface area is 152 Å². The molecule has 0 aromatic heterocycles. The summed E-state index contributed by atoms with van der Waals surface area (Å²) in [7, 11) is 0. The molecule has 25 heavy (non-hydrogen) atoms. The predicted molar refractivity (Wildman–Crippen MR) is 100 cm³/mol. The normalized spacial score (nSPS) is 24.8. The van der Waals surface area contributed by atoms with Gasteiger partial charge in [-0.2, -0.15) is 0 Å². The number of imide groups is 1. The van der Waals surface area contributed by atoms with Gasteiger partial charge in [0.2, 0.25) is 0 Å². The van der Waals surface area contributed by atoms with E-state index in [0.29, 0.717) is 29.8 Å². The Bertz CT molecular complexity index is 683. The number of nitrogens with zero attached hydrogens (tertiary/aromatic N) is 2. The molecule has 1 N–H and O–H groups in total. The van der Waals surface area contributed by atoms with Gasteiger partial charge in [0.15, 0.2) is 5.17 Å². The largest absolute Gasteiger partial charge is 0.360 e. The summed E-state index contributed by atoms with van der Waals surface area (Å²) < 4.78 is 0. The van der Waals surface area contributed by atoms with E-state index in [1.807, 2.05) is 0 Å². The van der Waals surface area contributed by atoms with Crippen molar-refractivity contribution in [3.05, 3.63) is 35.4 Å². The van der Waals surface area contributed by atoms with Gasteiger partial charge in [-0.1, -0.05) is 36.7 Å². The third kappa shape index (κ3) is 3.32. The highest BCUT2D eigenvalue weighted by molar-refractivity contribution is 8.13. The molecule has 1 aliphatic carbocycles. The van der Waals surface area contributed by atoms with E-state index in [2.05, 4.69) is 5.32 Å². The molecule has 0 spiro atoms. The summed E-state index contributed by atoms with van der Waals surface area (Å²) in [5.74, 6) is 0.660. The second-order valence-corrected chi connectivity index (χ2v) is 7.98. The van der Waals surface area contributed by atoms with Crippen LogP contribution in [-0.2, 0) is 0 Å². The number of hydrogen-bond donors (Lipinski definition) is 1. The zero-order valence-electron chi connectivity index (χ0n) is 14.2. The molecule has 0 bridgehead atoms. The Kier molecular flexibility index (Phi) is 4.79. The molecule has 1 saturated carbocycles. The lowest BCUT2D eigenvalue weighted by atomic mass is 9.92. The minimum atomic E-state index is -0.154. The van der Waals surface area contributed by atoms with Gasteiger partial charge in [0.25, 0.3) is 11.8 Å². The van der Waals surface area contributed by atoms with Crippen LogP contribution in [0.3, 0.4) is 0 Å². The summed E-state index contributed by atoms with van der Waals surface area (Å²) in [5.41, 5.74) is 1.07. The maximum Gasteiger partial charge on any atom is 0.261 e. The second-order valence-electron chi connectivity index (χ2n) is 6.90. The van der Waals surface area contributed by atoms with Crippen molar-refractivity contribution in [1.29, 1.82) is 0 Å². The summed E-state index contributed by atoms with van der Waals surface area (Å²) in [4.78, 5) is 30.8. The van der Waals surface area contributed by atoms with Gasteiger partial charge in [0.1, 0.15) is 0 Å². The number of carbonyl (C=O) groups excluding carboxylic acids is 2. The van der Waals surface area contributed by atoms with Crippen LogP contribution in [0.15, 0.2) is 29.3 Å². The van der Waals surface area contributed by atoms with Gasteiger partial charge in [-0.25, -0.2) is 0 Å². The number of unbranched alkanes of at least 4 members (excludes halogenated alkanes) is 1. The van der Waals surface area contributed by atoms with Gasteiger partial charge in [0.05, 0.1) is 23.2 Å². The predicted octanol–water partition coefficient (Wildman–Crippen LogP) is 3.07. The third-order valence-electron chi connectivity index (χ3n) is 5.21. The number of rotatable bonds is 5. The van der Waals surface area contributed by atoms with Gasteiger partial charge in [-0.15, -0.1) is 0 Å². The zero-order valence-corrected chi connectivity index (χ0v) is 15.1. The van der Waals surface area contributed by atoms with Crippen molar-refractivity contribution >= 4 is 28.7 Å². The molecule has 0 radical (unpaired) electrons. The molecule has 6 heteroatoms. The molecular formula is C19H23N3O2S. The first-order chi connectivity index (χ1) is 12.2. The molecule has 2 amide bonds. The van der Waals surface area contributed by atoms with Gasteiger partial charge < -0.3 is 5.32 Å². The number of aliphatic imine (C=N–C) groups is 1. The zero-order chi connectivity index (χ0) is 17.2. The van der Waals surface area contributed by atoms with E-state index in [4.69, 9.17) is 4.99 Å². The molecule has 3 aliphatic rings. The average Bonchev–Trinajstić information content (AvgIpc) is 3.15. The third-order valence-corrected chi connectivity index (χ3v) is 6.20. The summed E-state index contributed by atoms with van der Waals surface area (Å²) in [6.45, 7) is 0.498. The number of hydrogen-bond acceptors (Lipinski definition) is 5. The molecule has 1 aromatic rings. The van der Waals surface area contributed by atoms with Gasteiger partial charge in [-0.05, 0) is 37.8 Å². The molecule has 2 unspecified atom stereocenters. The van der Waals surface area contributed by atoms with E-state index >= 15 is 0 Å². The van der Waals surface area contributed by atoms with Crippen LogP contribution in [0.25, 0.3) is 0 Å². The quantitative estimate of drug-likeness (QED) is 0.650. The van der Waals surface area contributed by atoms with Crippen molar-refractivity contribution in [3.8, 4) is 0 Å². The molecular weight excluding hydrogens is 334 g/mol. The van der Waals surface area contributed by atoms with E-state index in [1.54, 1.807) is 36.0 Å². The average molecular weight is 357 g/mol. The molecule has 4 rings (SSSR count). The highest BCUT2D eigenvalue weighted by atomic mass is 32.2. The maximum absolute atomic E-state index is 12.3. The minimum Gasteiger partial charge on any atom is -0.360 e. The molecule has 2 aliphatic heterocycles. The number of thioether (sulfide) groups is 1. The number of amidine groups is 1. The Morgan fingerprint density at radius 1 is 1.08 bits per heavy atom.